The molecular formula is C38H45FN4O7. The number of nitrogens with zero attached hydrogens (tertiary/aromatic N) is 2. The molecule has 6 N–H and O–H groups in total. The SMILES string of the molecule is CC(C)c1c(C(=O)Nc2ccccc2)c(-c2ccccc2)c(-c2ccc(F)cc2)n1CC[C@@H](O)CC(O)CC(=O)O.NC(=O)N1CCOCC1. The normalized spacial score (nSPS) is 14.0. The van der Waals surface area contributed by atoms with Crippen LogP contribution in [0.25, 0.3) is 22.4 Å². The van der Waals surface area contributed by atoms with Crippen LogP contribution in [-0.2, 0) is 16.1 Å². The van der Waals surface area contributed by atoms with Crippen molar-refractivity contribution in [1.29, 1.82) is 0 Å². The van der Waals surface area contributed by atoms with Crippen molar-refractivity contribution in [2.75, 3.05) is 31.6 Å². The Bertz CT molecular complexity index is 1710. The van der Waals surface area contributed by atoms with Gasteiger partial charge in [0.05, 0.1) is 43.1 Å². The molecule has 0 spiro atoms. The summed E-state index contributed by atoms with van der Waals surface area (Å²) in [4.78, 5) is 37.0. The molecule has 2 heterocycles. The first kappa shape index (κ1) is 37.8. The third-order valence-electron chi connectivity index (χ3n) is 8.25. The molecule has 1 aliphatic rings. The quantitative estimate of drug-likeness (QED) is 0.127. The highest BCUT2D eigenvalue weighted by molar-refractivity contribution is 6.12. The summed E-state index contributed by atoms with van der Waals surface area (Å²) in [5.74, 6) is -1.93. The van der Waals surface area contributed by atoms with Crippen molar-refractivity contribution in [3.05, 3.63) is 102 Å². The van der Waals surface area contributed by atoms with Gasteiger partial charge in [-0.25, -0.2) is 9.18 Å². The molecule has 2 atom stereocenters. The number of nitrogens with one attached hydrogen (secondary N) is 1. The molecule has 0 radical (unpaired) electrons. The molecule has 1 aliphatic heterocycles. The number of nitrogens with two attached hydrogens (primary N) is 1. The largest absolute Gasteiger partial charge is 0.481 e. The number of para-hydroxylation sites is 1. The first-order valence-electron chi connectivity index (χ1n) is 16.6. The van der Waals surface area contributed by atoms with Crippen LogP contribution in [0.4, 0.5) is 14.9 Å². The Morgan fingerprint density at radius 3 is 2.02 bits per heavy atom. The molecule has 0 aliphatic carbocycles. The van der Waals surface area contributed by atoms with Gasteiger partial charge in [-0.1, -0.05) is 62.4 Å². The summed E-state index contributed by atoms with van der Waals surface area (Å²) in [6.07, 6.45) is -2.51. The fourth-order valence-electron chi connectivity index (χ4n) is 5.99. The van der Waals surface area contributed by atoms with E-state index in [0.717, 1.165) is 11.3 Å². The number of morpholine rings is 1. The second kappa shape index (κ2) is 18.1. The van der Waals surface area contributed by atoms with Gasteiger partial charge in [-0.15, -0.1) is 0 Å². The molecule has 266 valence electrons. The number of anilines is 1. The Hall–Kier alpha value is -5.04. The van der Waals surface area contributed by atoms with Crippen LogP contribution >= 0.6 is 0 Å². The van der Waals surface area contributed by atoms with Gasteiger partial charge in [-0.3, -0.25) is 9.59 Å². The van der Waals surface area contributed by atoms with Crippen LogP contribution in [0, 0.1) is 5.82 Å². The van der Waals surface area contributed by atoms with E-state index in [0.29, 0.717) is 54.4 Å². The number of carboxylic acids is 1. The molecule has 1 unspecified atom stereocenters. The summed E-state index contributed by atoms with van der Waals surface area (Å²) in [7, 11) is 0. The zero-order chi connectivity index (χ0) is 36.2. The summed E-state index contributed by atoms with van der Waals surface area (Å²) in [5.41, 5.74) is 9.77. The van der Waals surface area contributed by atoms with E-state index in [4.69, 9.17) is 15.6 Å². The number of aliphatic hydroxyl groups is 2. The van der Waals surface area contributed by atoms with Gasteiger partial charge in [0.2, 0.25) is 0 Å². The molecule has 1 aromatic heterocycles. The predicted molar refractivity (Wildman–Crippen MR) is 189 cm³/mol. The first-order valence-corrected chi connectivity index (χ1v) is 16.6. The number of benzene rings is 3. The number of halogens is 1. The van der Waals surface area contributed by atoms with Crippen LogP contribution in [-0.4, -0.2) is 81.2 Å². The third kappa shape index (κ3) is 10.2. The molecule has 12 heteroatoms. The number of carboxylic acid groups (broad SMARTS) is 1. The minimum absolute atomic E-state index is 0.0939. The minimum Gasteiger partial charge on any atom is -0.481 e. The van der Waals surface area contributed by atoms with Crippen molar-refractivity contribution in [1.82, 2.24) is 9.47 Å². The van der Waals surface area contributed by atoms with E-state index < -0.39 is 24.6 Å². The molecule has 11 nitrogen and oxygen atoms in total. The molecule has 3 aromatic carbocycles. The van der Waals surface area contributed by atoms with Crippen LogP contribution < -0.4 is 11.1 Å². The summed E-state index contributed by atoms with van der Waals surface area (Å²) in [5, 5.41) is 32.8. The average molecular weight is 689 g/mol. The Morgan fingerprint density at radius 1 is 0.880 bits per heavy atom. The minimum atomic E-state index is -1.18. The van der Waals surface area contributed by atoms with E-state index in [9.17, 15) is 29.0 Å². The van der Waals surface area contributed by atoms with Gasteiger partial charge in [0.25, 0.3) is 5.91 Å². The number of urea groups is 1. The van der Waals surface area contributed by atoms with E-state index in [1.807, 2.05) is 79.1 Å². The maximum Gasteiger partial charge on any atom is 0.314 e. The van der Waals surface area contributed by atoms with Crippen molar-refractivity contribution in [2.45, 2.75) is 57.8 Å². The zero-order valence-corrected chi connectivity index (χ0v) is 28.3. The van der Waals surface area contributed by atoms with Crippen molar-refractivity contribution in [3.8, 4) is 22.4 Å². The van der Waals surface area contributed by atoms with Gasteiger partial charge in [0, 0.05) is 36.6 Å². The molecule has 4 aromatic rings. The standard InChI is InChI=1S/C33H35FN2O5.C5H10N2O2/c1-21(2)31-30(33(41)35-25-11-7-4-8-12-25)29(22-9-5-3-6-10-22)32(23-13-15-24(34)16-14-23)36(31)18-17-26(37)19-27(38)20-28(39)40;6-5(8)7-1-3-9-4-2-7/h3-16,21,26-27,37-38H,17-20H2,1-2H3,(H,35,41)(H,39,40);1-4H2,(H2,6,8)/t26-,27?;/m1./s1. The number of ether oxygens (including phenoxy) is 1. The van der Waals surface area contributed by atoms with Crippen molar-refractivity contribution >= 4 is 23.6 Å². The number of aromatic nitrogens is 1. The highest BCUT2D eigenvalue weighted by Crippen LogP contribution is 2.42. The number of hydrogen-bond donors (Lipinski definition) is 5. The lowest BCUT2D eigenvalue weighted by molar-refractivity contribution is -0.139. The second-order valence-corrected chi connectivity index (χ2v) is 12.4. The number of carbonyl (C=O) groups is 3. The predicted octanol–water partition coefficient (Wildman–Crippen LogP) is 5.71. The highest BCUT2D eigenvalue weighted by atomic mass is 19.1. The van der Waals surface area contributed by atoms with Crippen molar-refractivity contribution in [2.24, 2.45) is 5.73 Å². The van der Waals surface area contributed by atoms with Crippen LogP contribution in [0.3, 0.4) is 0 Å². The summed E-state index contributed by atoms with van der Waals surface area (Å²) in [6.45, 7) is 6.75. The molecule has 50 heavy (non-hydrogen) atoms. The smallest absolute Gasteiger partial charge is 0.314 e. The Labute approximate surface area is 291 Å². The maximum absolute atomic E-state index is 14.0. The lowest BCUT2D eigenvalue weighted by atomic mass is 9.94. The number of aliphatic hydroxyl groups excluding tert-OH is 2. The summed E-state index contributed by atoms with van der Waals surface area (Å²) < 4.78 is 21.0. The molecule has 0 bridgehead atoms. The van der Waals surface area contributed by atoms with Gasteiger partial charge in [0.1, 0.15) is 5.82 Å². The first-order chi connectivity index (χ1) is 24.0. The highest BCUT2D eigenvalue weighted by Gasteiger charge is 2.31. The van der Waals surface area contributed by atoms with Gasteiger partial charge < -0.3 is 40.6 Å². The number of hydrogen-bond acceptors (Lipinski definition) is 6. The van der Waals surface area contributed by atoms with Gasteiger partial charge in [-0.2, -0.15) is 0 Å². The lowest BCUT2D eigenvalue weighted by Gasteiger charge is -2.24. The van der Waals surface area contributed by atoms with Crippen LogP contribution in [0.5, 0.6) is 0 Å². The van der Waals surface area contributed by atoms with Crippen molar-refractivity contribution in [3.63, 3.8) is 0 Å². The summed E-state index contributed by atoms with van der Waals surface area (Å²) in [6, 6.07) is 24.4. The van der Waals surface area contributed by atoms with E-state index in [2.05, 4.69) is 5.32 Å². The molecule has 1 fully saturated rings. The number of carbonyl (C=O) groups excluding carboxylic acids is 2. The van der Waals surface area contributed by atoms with Crippen molar-refractivity contribution < 1.29 is 38.8 Å². The number of rotatable bonds is 12. The van der Waals surface area contributed by atoms with Gasteiger partial charge in [0.15, 0.2) is 0 Å². The van der Waals surface area contributed by atoms with Crippen LogP contribution in [0.15, 0.2) is 84.9 Å². The topological polar surface area (TPSA) is 167 Å². The Balaban J connectivity index is 0.000000541. The monoisotopic (exact) mass is 688 g/mol. The Morgan fingerprint density at radius 2 is 1.48 bits per heavy atom. The van der Waals surface area contributed by atoms with E-state index in [1.165, 1.54) is 12.1 Å². The number of aliphatic carboxylic acids is 1. The van der Waals surface area contributed by atoms with E-state index in [1.54, 1.807) is 17.0 Å². The van der Waals surface area contributed by atoms with Crippen LogP contribution in [0.1, 0.15) is 55.1 Å². The molecular weight excluding hydrogens is 643 g/mol. The molecule has 1 saturated heterocycles. The number of primary amides is 1. The Kier molecular flexibility index (Phi) is 13.7. The molecule has 5 rings (SSSR count). The van der Waals surface area contributed by atoms with Crippen LogP contribution in [0.2, 0.25) is 0 Å². The fraction of sp³-hybridized carbons (Fsp3) is 0.342. The number of amides is 3. The molecule has 0 saturated carbocycles. The lowest BCUT2D eigenvalue weighted by Crippen LogP contribution is -2.43. The average Bonchev–Trinajstić information content (AvgIpc) is 3.44. The van der Waals surface area contributed by atoms with E-state index in [-0.39, 0.29) is 43.1 Å². The van der Waals surface area contributed by atoms with E-state index >= 15 is 0 Å². The molecule has 3 amide bonds. The summed E-state index contributed by atoms with van der Waals surface area (Å²) >= 11 is 0. The fourth-order valence-corrected chi connectivity index (χ4v) is 5.99. The maximum atomic E-state index is 14.0. The zero-order valence-electron chi connectivity index (χ0n) is 28.3. The second-order valence-electron chi connectivity index (χ2n) is 12.4. The third-order valence-corrected chi connectivity index (χ3v) is 8.25. The van der Waals surface area contributed by atoms with Gasteiger partial charge >= 0.3 is 12.0 Å². The van der Waals surface area contributed by atoms with Gasteiger partial charge in [-0.05, 0) is 66.3 Å².